The van der Waals surface area contributed by atoms with E-state index in [0.717, 1.165) is 32.5 Å². The molecule has 1 heterocycles. The van der Waals surface area contributed by atoms with Crippen molar-refractivity contribution in [1.29, 1.82) is 0 Å². The summed E-state index contributed by atoms with van der Waals surface area (Å²) in [4.78, 5) is 12.0. The SMILES string of the molecule is C=CC[C@H]1C(=O)C[C@@H]2CC3(C[C@@H]21)OCC(C)(C)CO3. The van der Waals surface area contributed by atoms with Crippen molar-refractivity contribution in [3.8, 4) is 0 Å². The standard InChI is InChI=1S/C16H24O3/c1-4-5-12-13-8-16(7-11(13)6-14(12)17)18-9-15(2,3)10-19-16/h4,11-13H,1,5-10H2,2-3H3/t11-,12-,13+/m1/s1. The number of hydrogen-bond donors (Lipinski definition) is 0. The van der Waals surface area contributed by atoms with E-state index in [0.29, 0.717) is 24.0 Å². The molecule has 0 radical (unpaired) electrons. The molecule has 0 amide bonds. The Balaban J connectivity index is 1.71. The Morgan fingerprint density at radius 2 is 2.00 bits per heavy atom. The number of rotatable bonds is 2. The van der Waals surface area contributed by atoms with E-state index in [9.17, 15) is 4.79 Å². The maximum Gasteiger partial charge on any atom is 0.168 e. The molecule has 0 bridgehead atoms. The van der Waals surface area contributed by atoms with Crippen LogP contribution in [0.4, 0.5) is 0 Å². The van der Waals surface area contributed by atoms with Gasteiger partial charge in [0.25, 0.3) is 0 Å². The lowest BCUT2D eigenvalue weighted by atomic mass is 9.89. The lowest BCUT2D eigenvalue weighted by molar-refractivity contribution is -0.297. The van der Waals surface area contributed by atoms with E-state index in [1.807, 2.05) is 6.08 Å². The van der Waals surface area contributed by atoms with Crippen LogP contribution in [-0.4, -0.2) is 24.8 Å². The van der Waals surface area contributed by atoms with Crippen LogP contribution < -0.4 is 0 Å². The van der Waals surface area contributed by atoms with Gasteiger partial charge in [-0.2, -0.15) is 0 Å². The van der Waals surface area contributed by atoms with E-state index in [-0.39, 0.29) is 11.3 Å². The lowest BCUT2D eigenvalue weighted by Gasteiger charge is -2.42. The fourth-order valence-corrected chi connectivity index (χ4v) is 3.96. The van der Waals surface area contributed by atoms with Gasteiger partial charge in [0, 0.05) is 30.6 Å². The quantitative estimate of drug-likeness (QED) is 0.719. The van der Waals surface area contributed by atoms with E-state index >= 15 is 0 Å². The number of carbonyl (C=O) groups excluding carboxylic acids is 1. The van der Waals surface area contributed by atoms with Crippen molar-refractivity contribution in [2.24, 2.45) is 23.2 Å². The van der Waals surface area contributed by atoms with E-state index in [2.05, 4.69) is 20.4 Å². The second-order valence-corrected chi connectivity index (χ2v) is 7.29. The third kappa shape index (κ3) is 2.27. The van der Waals surface area contributed by atoms with Gasteiger partial charge in [-0.25, -0.2) is 0 Å². The molecule has 3 fully saturated rings. The molecule has 0 aromatic heterocycles. The van der Waals surface area contributed by atoms with E-state index in [1.165, 1.54) is 0 Å². The summed E-state index contributed by atoms with van der Waals surface area (Å²) in [6.07, 6.45) is 5.18. The molecule has 0 aromatic carbocycles. The van der Waals surface area contributed by atoms with Gasteiger partial charge in [-0.05, 0) is 18.3 Å². The average Bonchev–Trinajstić information content (AvgIpc) is 2.81. The zero-order chi connectivity index (χ0) is 13.7. The molecule has 106 valence electrons. The van der Waals surface area contributed by atoms with Crippen molar-refractivity contribution in [1.82, 2.24) is 0 Å². The highest BCUT2D eigenvalue weighted by molar-refractivity contribution is 5.84. The van der Waals surface area contributed by atoms with Gasteiger partial charge in [-0.15, -0.1) is 6.58 Å². The van der Waals surface area contributed by atoms with Crippen LogP contribution in [0.2, 0.25) is 0 Å². The number of allylic oxidation sites excluding steroid dienone is 1. The first-order valence-electron chi connectivity index (χ1n) is 7.36. The maximum atomic E-state index is 12.0. The zero-order valence-electron chi connectivity index (χ0n) is 12.0. The summed E-state index contributed by atoms with van der Waals surface area (Å²) in [5.41, 5.74) is 0.110. The first-order valence-corrected chi connectivity index (χ1v) is 7.36. The predicted octanol–water partition coefficient (Wildman–Crippen LogP) is 2.95. The van der Waals surface area contributed by atoms with Gasteiger partial charge < -0.3 is 9.47 Å². The fourth-order valence-electron chi connectivity index (χ4n) is 3.96. The average molecular weight is 264 g/mol. The molecule has 0 aromatic rings. The predicted molar refractivity (Wildman–Crippen MR) is 72.6 cm³/mol. The maximum absolute atomic E-state index is 12.0. The minimum atomic E-state index is -0.398. The second kappa shape index (κ2) is 4.42. The van der Waals surface area contributed by atoms with Crippen molar-refractivity contribution in [2.75, 3.05) is 13.2 Å². The normalized spacial score (nSPS) is 39.5. The monoisotopic (exact) mass is 264 g/mol. The first kappa shape index (κ1) is 13.3. The molecule has 1 spiro atoms. The highest BCUT2D eigenvalue weighted by Gasteiger charge is 2.56. The summed E-state index contributed by atoms with van der Waals surface area (Å²) in [6, 6.07) is 0. The number of ether oxygens (including phenoxy) is 2. The smallest absolute Gasteiger partial charge is 0.168 e. The van der Waals surface area contributed by atoms with Crippen LogP contribution in [0, 0.1) is 23.2 Å². The Kier molecular flexibility index (Phi) is 3.10. The minimum Gasteiger partial charge on any atom is -0.349 e. The molecular weight excluding hydrogens is 240 g/mol. The number of carbonyl (C=O) groups is 1. The third-order valence-corrected chi connectivity index (χ3v) is 4.99. The summed E-state index contributed by atoms with van der Waals surface area (Å²) in [7, 11) is 0. The van der Waals surface area contributed by atoms with E-state index in [4.69, 9.17) is 9.47 Å². The summed E-state index contributed by atoms with van der Waals surface area (Å²) in [6.45, 7) is 9.63. The van der Waals surface area contributed by atoms with Crippen LogP contribution in [0.3, 0.4) is 0 Å². The van der Waals surface area contributed by atoms with E-state index < -0.39 is 5.79 Å². The molecule has 0 unspecified atom stereocenters. The van der Waals surface area contributed by atoms with E-state index in [1.54, 1.807) is 0 Å². The zero-order valence-corrected chi connectivity index (χ0v) is 12.0. The molecule has 19 heavy (non-hydrogen) atoms. The van der Waals surface area contributed by atoms with Crippen molar-refractivity contribution >= 4 is 5.78 Å². The Morgan fingerprint density at radius 1 is 1.32 bits per heavy atom. The first-order chi connectivity index (χ1) is 8.95. The molecule has 0 N–H and O–H groups in total. The summed E-state index contributed by atoms with van der Waals surface area (Å²) >= 11 is 0. The molecule has 3 aliphatic rings. The van der Waals surface area contributed by atoms with Gasteiger partial charge in [-0.3, -0.25) is 4.79 Å². The van der Waals surface area contributed by atoms with Gasteiger partial charge in [-0.1, -0.05) is 19.9 Å². The van der Waals surface area contributed by atoms with Gasteiger partial charge in [0.1, 0.15) is 5.78 Å². The fraction of sp³-hybridized carbons (Fsp3) is 0.812. The Hall–Kier alpha value is -0.670. The molecule has 3 atom stereocenters. The largest absolute Gasteiger partial charge is 0.349 e. The van der Waals surface area contributed by atoms with Crippen molar-refractivity contribution in [2.45, 2.75) is 45.3 Å². The van der Waals surface area contributed by atoms with Crippen LogP contribution in [-0.2, 0) is 14.3 Å². The molecule has 1 saturated heterocycles. The Morgan fingerprint density at radius 3 is 2.63 bits per heavy atom. The van der Waals surface area contributed by atoms with Crippen LogP contribution in [0.15, 0.2) is 12.7 Å². The lowest BCUT2D eigenvalue weighted by Crippen LogP contribution is -2.46. The van der Waals surface area contributed by atoms with Gasteiger partial charge in [0.15, 0.2) is 5.79 Å². The summed E-state index contributed by atoms with van der Waals surface area (Å²) in [5, 5.41) is 0. The Labute approximate surface area is 115 Å². The topological polar surface area (TPSA) is 35.5 Å². The minimum absolute atomic E-state index is 0.110. The van der Waals surface area contributed by atoms with Crippen molar-refractivity contribution in [3.05, 3.63) is 12.7 Å². The molecule has 2 aliphatic carbocycles. The highest BCUT2D eigenvalue weighted by atomic mass is 16.7. The number of hydrogen-bond acceptors (Lipinski definition) is 3. The molecule has 1 aliphatic heterocycles. The van der Waals surface area contributed by atoms with Crippen molar-refractivity contribution in [3.63, 3.8) is 0 Å². The number of fused-ring (bicyclic) bond motifs is 1. The van der Waals surface area contributed by atoms with Crippen LogP contribution in [0.25, 0.3) is 0 Å². The van der Waals surface area contributed by atoms with Crippen LogP contribution in [0.1, 0.15) is 39.5 Å². The second-order valence-electron chi connectivity index (χ2n) is 7.29. The van der Waals surface area contributed by atoms with Gasteiger partial charge >= 0.3 is 0 Å². The summed E-state index contributed by atoms with van der Waals surface area (Å²) in [5.74, 6) is 1.07. The number of Topliss-reactive ketones (excluding diaryl/α,β-unsaturated/α-hetero) is 1. The van der Waals surface area contributed by atoms with Crippen molar-refractivity contribution < 1.29 is 14.3 Å². The summed E-state index contributed by atoms with van der Waals surface area (Å²) < 4.78 is 12.2. The molecule has 2 saturated carbocycles. The van der Waals surface area contributed by atoms with Crippen LogP contribution in [0.5, 0.6) is 0 Å². The molecule has 3 rings (SSSR count). The number of ketones is 1. The van der Waals surface area contributed by atoms with Gasteiger partial charge in [0.2, 0.25) is 0 Å². The van der Waals surface area contributed by atoms with Gasteiger partial charge in [0.05, 0.1) is 13.2 Å². The third-order valence-electron chi connectivity index (χ3n) is 4.99. The highest BCUT2D eigenvalue weighted by Crippen LogP contribution is 2.54. The Bertz CT molecular complexity index is 389. The molecular formula is C16H24O3. The molecule has 3 nitrogen and oxygen atoms in total. The molecule has 3 heteroatoms. The van der Waals surface area contributed by atoms with Crippen LogP contribution >= 0.6 is 0 Å².